The Labute approximate surface area is 114 Å². The highest BCUT2D eigenvalue weighted by Gasteiger charge is 2.35. The fraction of sp³-hybridized carbons (Fsp3) is 0.800. The lowest BCUT2D eigenvalue weighted by atomic mass is 9.68. The molecule has 1 saturated carbocycles. The SMILES string of the molecule is CCCCC1CCC(CO)(Cc2cscn2)CC1. The average Bonchev–Trinajstić information content (AvgIpc) is 2.91. The molecule has 1 aliphatic carbocycles. The van der Waals surface area contributed by atoms with Crippen molar-refractivity contribution in [1.82, 2.24) is 4.98 Å². The summed E-state index contributed by atoms with van der Waals surface area (Å²) in [5, 5.41) is 11.9. The molecule has 0 aromatic carbocycles. The van der Waals surface area contributed by atoms with Crippen LogP contribution in [0.1, 0.15) is 57.6 Å². The topological polar surface area (TPSA) is 33.1 Å². The predicted octanol–water partition coefficient (Wildman–Crippen LogP) is 4.04. The van der Waals surface area contributed by atoms with Crippen molar-refractivity contribution in [3.8, 4) is 0 Å². The van der Waals surface area contributed by atoms with Crippen molar-refractivity contribution in [3.05, 3.63) is 16.6 Å². The summed E-state index contributed by atoms with van der Waals surface area (Å²) in [4.78, 5) is 4.38. The van der Waals surface area contributed by atoms with Gasteiger partial charge in [-0.15, -0.1) is 11.3 Å². The number of nitrogens with zero attached hydrogens (tertiary/aromatic N) is 1. The van der Waals surface area contributed by atoms with Gasteiger partial charge in [-0.3, -0.25) is 0 Å². The summed E-state index contributed by atoms with van der Waals surface area (Å²) in [6, 6.07) is 0. The Morgan fingerprint density at radius 3 is 2.78 bits per heavy atom. The fourth-order valence-electron chi connectivity index (χ4n) is 3.17. The molecule has 0 bridgehead atoms. The zero-order chi connectivity index (χ0) is 12.8. The van der Waals surface area contributed by atoms with E-state index in [1.165, 1.54) is 50.6 Å². The highest BCUT2D eigenvalue weighted by molar-refractivity contribution is 7.07. The molecule has 1 N–H and O–H groups in total. The number of hydrogen-bond donors (Lipinski definition) is 1. The van der Waals surface area contributed by atoms with Crippen molar-refractivity contribution < 1.29 is 5.11 Å². The molecule has 1 aromatic heterocycles. The van der Waals surface area contributed by atoms with E-state index in [0.717, 1.165) is 12.3 Å². The molecule has 0 atom stereocenters. The molecule has 1 aromatic rings. The van der Waals surface area contributed by atoms with E-state index in [1.54, 1.807) is 11.3 Å². The van der Waals surface area contributed by atoms with E-state index in [1.807, 2.05) is 5.51 Å². The largest absolute Gasteiger partial charge is 0.396 e. The zero-order valence-corrected chi connectivity index (χ0v) is 12.2. The Balaban J connectivity index is 1.87. The molecule has 1 heterocycles. The second-order valence-corrected chi connectivity index (χ2v) is 6.62. The summed E-state index contributed by atoms with van der Waals surface area (Å²) >= 11 is 1.66. The number of thiazole rings is 1. The minimum atomic E-state index is 0.122. The molecule has 0 amide bonds. The first-order chi connectivity index (χ1) is 8.78. The first-order valence-corrected chi connectivity index (χ1v) is 8.20. The second-order valence-electron chi connectivity index (χ2n) is 5.90. The van der Waals surface area contributed by atoms with Gasteiger partial charge in [-0.1, -0.05) is 26.2 Å². The van der Waals surface area contributed by atoms with Crippen molar-refractivity contribution in [2.24, 2.45) is 11.3 Å². The quantitative estimate of drug-likeness (QED) is 0.843. The molecule has 0 radical (unpaired) electrons. The average molecular weight is 267 g/mol. The number of aliphatic hydroxyl groups excluding tert-OH is 1. The van der Waals surface area contributed by atoms with Gasteiger partial charge in [-0.2, -0.15) is 0 Å². The van der Waals surface area contributed by atoms with Gasteiger partial charge < -0.3 is 5.11 Å². The van der Waals surface area contributed by atoms with Crippen LogP contribution in [-0.4, -0.2) is 16.7 Å². The van der Waals surface area contributed by atoms with Crippen LogP contribution in [0.5, 0.6) is 0 Å². The summed E-state index contributed by atoms with van der Waals surface area (Å²) in [5.74, 6) is 0.903. The Hall–Kier alpha value is -0.410. The van der Waals surface area contributed by atoms with E-state index in [2.05, 4.69) is 17.3 Å². The van der Waals surface area contributed by atoms with E-state index in [0.29, 0.717) is 6.61 Å². The van der Waals surface area contributed by atoms with Gasteiger partial charge in [-0.05, 0) is 43.4 Å². The molecule has 0 unspecified atom stereocenters. The molecule has 3 heteroatoms. The number of rotatable bonds is 6. The normalized spacial score (nSPS) is 28.4. The molecule has 18 heavy (non-hydrogen) atoms. The van der Waals surface area contributed by atoms with Crippen LogP contribution >= 0.6 is 11.3 Å². The monoisotopic (exact) mass is 267 g/mol. The lowest BCUT2D eigenvalue weighted by molar-refractivity contribution is 0.0613. The van der Waals surface area contributed by atoms with Gasteiger partial charge in [0.1, 0.15) is 0 Å². The third kappa shape index (κ3) is 3.55. The Morgan fingerprint density at radius 1 is 1.44 bits per heavy atom. The first kappa shape index (κ1) is 14.0. The maximum Gasteiger partial charge on any atom is 0.0794 e. The van der Waals surface area contributed by atoms with Crippen LogP contribution in [0.2, 0.25) is 0 Å². The van der Waals surface area contributed by atoms with Gasteiger partial charge in [0.2, 0.25) is 0 Å². The Kier molecular flexibility index (Phi) is 5.19. The van der Waals surface area contributed by atoms with Crippen LogP contribution in [0.3, 0.4) is 0 Å². The highest BCUT2D eigenvalue weighted by atomic mass is 32.1. The van der Waals surface area contributed by atoms with E-state index in [-0.39, 0.29) is 5.41 Å². The van der Waals surface area contributed by atoms with Crippen molar-refractivity contribution in [3.63, 3.8) is 0 Å². The molecule has 1 aliphatic rings. The van der Waals surface area contributed by atoms with Crippen molar-refractivity contribution in [1.29, 1.82) is 0 Å². The molecule has 0 spiro atoms. The van der Waals surface area contributed by atoms with Crippen molar-refractivity contribution >= 4 is 11.3 Å². The van der Waals surface area contributed by atoms with E-state index in [9.17, 15) is 5.11 Å². The minimum absolute atomic E-state index is 0.122. The molecule has 2 rings (SSSR count). The fourth-order valence-corrected chi connectivity index (χ4v) is 3.73. The zero-order valence-electron chi connectivity index (χ0n) is 11.4. The van der Waals surface area contributed by atoms with Crippen LogP contribution in [0.15, 0.2) is 10.9 Å². The number of aromatic nitrogens is 1. The van der Waals surface area contributed by atoms with Crippen LogP contribution in [0, 0.1) is 11.3 Å². The highest BCUT2D eigenvalue weighted by Crippen LogP contribution is 2.42. The minimum Gasteiger partial charge on any atom is -0.396 e. The smallest absolute Gasteiger partial charge is 0.0794 e. The number of aliphatic hydroxyl groups is 1. The van der Waals surface area contributed by atoms with E-state index in [4.69, 9.17) is 0 Å². The maximum absolute atomic E-state index is 9.78. The van der Waals surface area contributed by atoms with Gasteiger partial charge in [0.05, 0.1) is 11.2 Å². The van der Waals surface area contributed by atoms with Crippen LogP contribution in [0.25, 0.3) is 0 Å². The second kappa shape index (κ2) is 6.67. The van der Waals surface area contributed by atoms with E-state index >= 15 is 0 Å². The molecule has 0 aliphatic heterocycles. The van der Waals surface area contributed by atoms with Gasteiger partial charge in [0.15, 0.2) is 0 Å². The van der Waals surface area contributed by atoms with Gasteiger partial charge in [0, 0.05) is 12.0 Å². The first-order valence-electron chi connectivity index (χ1n) is 7.26. The van der Waals surface area contributed by atoms with Gasteiger partial charge in [-0.25, -0.2) is 4.98 Å². The maximum atomic E-state index is 9.78. The Bertz CT molecular complexity index is 328. The summed E-state index contributed by atoms with van der Waals surface area (Å²) in [5.41, 5.74) is 3.19. The molecule has 2 nitrogen and oxygen atoms in total. The van der Waals surface area contributed by atoms with Crippen LogP contribution in [0.4, 0.5) is 0 Å². The third-order valence-electron chi connectivity index (χ3n) is 4.51. The number of unbranched alkanes of at least 4 members (excludes halogenated alkanes) is 1. The van der Waals surface area contributed by atoms with Crippen LogP contribution < -0.4 is 0 Å². The lowest BCUT2D eigenvalue weighted by Crippen LogP contribution is -2.33. The Morgan fingerprint density at radius 2 is 2.22 bits per heavy atom. The molecule has 1 fully saturated rings. The predicted molar refractivity (Wildman–Crippen MR) is 76.8 cm³/mol. The molecular formula is C15H25NOS. The van der Waals surface area contributed by atoms with Gasteiger partial charge in [0.25, 0.3) is 0 Å². The summed E-state index contributed by atoms with van der Waals surface area (Å²) in [6.45, 7) is 2.59. The number of hydrogen-bond acceptors (Lipinski definition) is 3. The van der Waals surface area contributed by atoms with Gasteiger partial charge >= 0.3 is 0 Å². The summed E-state index contributed by atoms with van der Waals surface area (Å²) in [6.07, 6.45) is 9.96. The molecular weight excluding hydrogens is 242 g/mol. The summed E-state index contributed by atoms with van der Waals surface area (Å²) < 4.78 is 0. The van der Waals surface area contributed by atoms with Crippen LogP contribution in [-0.2, 0) is 6.42 Å². The standard InChI is InChI=1S/C15H25NOS/c1-2-3-4-13-5-7-15(11-17,8-6-13)9-14-10-18-12-16-14/h10,12-13,17H,2-9,11H2,1H3. The third-order valence-corrected chi connectivity index (χ3v) is 5.14. The van der Waals surface area contributed by atoms with Crippen molar-refractivity contribution in [2.75, 3.05) is 6.61 Å². The molecule has 0 saturated heterocycles. The van der Waals surface area contributed by atoms with E-state index < -0.39 is 0 Å². The summed E-state index contributed by atoms with van der Waals surface area (Å²) in [7, 11) is 0. The lowest BCUT2D eigenvalue weighted by Gasteiger charge is -2.38. The van der Waals surface area contributed by atoms with Crippen molar-refractivity contribution in [2.45, 2.75) is 58.3 Å². The molecule has 102 valence electrons.